The van der Waals surface area contributed by atoms with Crippen LogP contribution in [0, 0.1) is 6.92 Å². The van der Waals surface area contributed by atoms with E-state index < -0.39 is 0 Å². The van der Waals surface area contributed by atoms with Gasteiger partial charge in [0.05, 0.1) is 13.2 Å². The van der Waals surface area contributed by atoms with Crippen molar-refractivity contribution >= 4 is 16.3 Å². The minimum atomic E-state index is 0.703. The Morgan fingerprint density at radius 3 is 2.50 bits per heavy atom. The molecule has 0 saturated carbocycles. The van der Waals surface area contributed by atoms with Gasteiger partial charge >= 0.3 is 0 Å². The molecule has 94 valence electrons. The van der Waals surface area contributed by atoms with E-state index in [-0.39, 0.29) is 0 Å². The molecule has 0 unspecified atom stereocenters. The molecule has 0 radical (unpaired) electrons. The number of aromatic nitrogens is 1. The van der Waals surface area contributed by atoms with Crippen LogP contribution < -0.4 is 0 Å². The van der Waals surface area contributed by atoms with E-state index in [2.05, 4.69) is 35.3 Å². The Bertz CT molecular complexity index is 572. The minimum Gasteiger partial charge on any atom is -0.373 e. The van der Waals surface area contributed by atoms with Crippen molar-refractivity contribution in [2.45, 2.75) is 20.8 Å². The van der Waals surface area contributed by atoms with Gasteiger partial charge in [0.15, 0.2) is 0 Å². The molecule has 3 rings (SSSR count). The third-order valence-electron chi connectivity index (χ3n) is 3.05. The van der Waals surface area contributed by atoms with Gasteiger partial charge in [-0.2, -0.15) is 0 Å². The molecule has 0 saturated heterocycles. The molecule has 0 bridgehead atoms. The number of hydrogen-bond donors (Lipinski definition) is 0. The highest BCUT2D eigenvalue weighted by atomic mass is 16.5. The van der Waals surface area contributed by atoms with E-state index in [0.717, 1.165) is 12.3 Å². The summed E-state index contributed by atoms with van der Waals surface area (Å²) in [5.74, 6) is 0. The van der Waals surface area contributed by atoms with Crippen LogP contribution in [0.5, 0.6) is 0 Å². The van der Waals surface area contributed by atoms with Gasteiger partial charge in [0.2, 0.25) is 0 Å². The van der Waals surface area contributed by atoms with E-state index in [9.17, 15) is 0 Å². The van der Waals surface area contributed by atoms with Crippen LogP contribution in [-0.2, 0) is 4.74 Å². The highest BCUT2D eigenvalue weighted by Gasteiger charge is 2.11. The first-order valence-electron chi connectivity index (χ1n) is 6.48. The van der Waals surface area contributed by atoms with Gasteiger partial charge in [-0.1, -0.05) is 44.2 Å². The lowest BCUT2D eigenvalue weighted by Gasteiger charge is -2.08. The molecular weight excluding hydrogens is 222 g/mol. The molecule has 0 fully saturated rings. The Morgan fingerprint density at radius 2 is 1.83 bits per heavy atom. The molecule has 0 amide bonds. The highest BCUT2D eigenvalue weighted by molar-refractivity contribution is 5.95. The van der Waals surface area contributed by atoms with Crippen molar-refractivity contribution < 1.29 is 4.74 Å². The standard InChI is InChI=1S/C14H13NO.C2H6/c1-10-12-4-2-3-5-13(12)14(8-15-10)11-6-7-16-9-11;1-2/h2-6,8H,7,9H2,1H3;1-2H3. The van der Waals surface area contributed by atoms with E-state index >= 15 is 0 Å². The molecule has 2 nitrogen and oxygen atoms in total. The maximum absolute atomic E-state index is 5.37. The summed E-state index contributed by atoms with van der Waals surface area (Å²) in [6.45, 7) is 7.47. The van der Waals surface area contributed by atoms with Crippen LogP contribution in [0.4, 0.5) is 0 Å². The molecule has 18 heavy (non-hydrogen) atoms. The molecule has 2 heteroatoms. The molecule has 2 heterocycles. The summed E-state index contributed by atoms with van der Waals surface area (Å²) in [6, 6.07) is 8.40. The lowest BCUT2D eigenvalue weighted by atomic mass is 10.0. The molecule has 0 spiro atoms. The lowest BCUT2D eigenvalue weighted by molar-refractivity contribution is 0.216. The van der Waals surface area contributed by atoms with Gasteiger partial charge in [0.1, 0.15) is 0 Å². The molecule has 0 aliphatic carbocycles. The maximum atomic E-state index is 5.37. The number of fused-ring (bicyclic) bond motifs is 1. The molecule has 0 N–H and O–H groups in total. The van der Waals surface area contributed by atoms with Gasteiger partial charge in [-0.05, 0) is 17.9 Å². The van der Waals surface area contributed by atoms with Crippen LogP contribution >= 0.6 is 0 Å². The Labute approximate surface area is 108 Å². The van der Waals surface area contributed by atoms with Crippen molar-refractivity contribution in [3.8, 4) is 0 Å². The average Bonchev–Trinajstić information content (AvgIpc) is 2.96. The average molecular weight is 241 g/mol. The zero-order valence-electron chi connectivity index (χ0n) is 11.2. The first-order valence-corrected chi connectivity index (χ1v) is 6.48. The van der Waals surface area contributed by atoms with Crippen LogP contribution in [-0.4, -0.2) is 18.2 Å². The largest absolute Gasteiger partial charge is 0.373 e. The predicted octanol–water partition coefficient (Wildman–Crippen LogP) is 3.98. The summed E-state index contributed by atoms with van der Waals surface area (Å²) in [4.78, 5) is 4.46. The second kappa shape index (κ2) is 5.78. The van der Waals surface area contributed by atoms with Gasteiger partial charge in [0, 0.05) is 22.8 Å². The zero-order chi connectivity index (χ0) is 13.0. The van der Waals surface area contributed by atoms with Gasteiger partial charge in [-0.15, -0.1) is 0 Å². The Kier molecular flexibility index (Phi) is 4.11. The topological polar surface area (TPSA) is 22.1 Å². The second-order valence-electron chi connectivity index (χ2n) is 4.05. The molecule has 1 aliphatic rings. The lowest BCUT2D eigenvalue weighted by Crippen LogP contribution is -1.93. The number of hydrogen-bond acceptors (Lipinski definition) is 2. The van der Waals surface area contributed by atoms with Crippen molar-refractivity contribution in [1.82, 2.24) is 4.98 Å². The van der Waals surface area contributed by atoms with E-state index in [1.54, 1.807) is 0 Å². The summed E-state index contributed by atoms with van der Waals surface area (Å²) in [7, 11) is 0. The fraction of sp³-hybridized carbons (Fsp3) is 0.312. The third-order valence-corrected chi connectivity index (χ3v) is 3.05. The Hall–Kier alpha value is -1.67. The van der Waals surface area contributed by atoms with Crippen LogP contribution in [0.15, 0.2) is 36.5 Å². The summed E-state index contributed by atoms with van der Waals surface area (Å²) in [5.41, 5.74) is 3.54. The van der Waals surface area contributed by atoms with Crippen molar-refractivity contribution in [3.05, 3.63) is 47.8 Å². The van der Waals surface area contributed by atoms with E-state index in [1.165, 1.54) is 21.9 Å². The van der Waals surface area contributed by atoms with Crippen LogP contribution in [0.1, 0.15) is 25.1 Å². The number of ether oxygens (including phenoxy) is 1. The van der Waals surface area contributed by atoms with Gasteiger partial charge in [0.25, 0.3) is 0 Å². The number of pyridine rings is 1. The first-order chi connectivity index (χ1) is 8.86. The first kappa shape index (κ1) is 12.8. The normalized spacial score (nSPS) is 14.1. The van der Waals surface area contributed by atoms with Gasteiger partial charge in [-0.25, -0.2) is 0 Å². The summed E-state index contributed by atoms with van der Waals surface area (Å²) < 4.78 is 5.37. The summed E-state index contributed by atoms with van der Waals surface area (Å²) >= 11 is 0. The van der Waals surface area contributed by atoms with E-state index in [1.807, 2.05) is 27.0 Å². The van der Waals surface area contributed by atoms with Crippen molar-refractivity contribution in [3.63, 3.8) is 0 Å². The summed E-state index contributed by atoms with van der Waals surface area (Å²) in [6.07, 6.45) is 4.09. The summed E-state index contributed by atoms with van der Waals surface area (Å²) in [5, 5.41) is 2.50. The number of rotatable bonds is 1. The fourth-order valence-electron chi connectivity index (χ4n) is 2.16. The van der Waals surface area contributed by atoms with Gasteiger partial charge < -0.3 is 4.74 Å². The van der Waals surface area contributed by atoms with Crippen LogP contribution in [0.2, 0.25) is 0 Å². The molecular formula is C16H19NO. The number of nitrogens with zero attached hydrogens (tertiary/aromatic N) is 1. The van der Waals surface area contributed by atoms with Crippen molar-refractivity contribution in [2.75, 3.05) is 13.2 Å². The number of benzene rings is 1. The molecule has 1 aromatic heterocycles. The fourth-order valence-corrected chi connectivity index (χ4v) is 2.16. The molecule has 1 aromatic carbocycles. The molecule has 2 aromatic rings. The third kappa shape index (κ3) is 2.29. The van der Waals surface area contributed by atoms with E-state index in [0.29, 0.717) is 6.61 Å². The Balaban J connectivity index is 0.000000574. The van der Waals surface area contributed by atoms with Crippen molar-refractivity contribution in [1.29, 1.82) is 0 Å². The second-order valence-corrected chi connectivity index (χ2v) is 4.05. The zero-order valence-corrected chi connectivity index (χ0v) is 11.2. The number of aryl methyl sites for hydroxylation is 1. The van der Waals surface area contributed by atoms with Crippen LogP contribution in [0.3, 0.4) is 0 Å². The molecule has 1 aliphatic heterocycles. The smallest absolute Gasteiger partial charge is 0.0725 e. The molecule has 0 atom stereocenters. The predicted molar refractivity (Wildman–Crippen MR) is 76.6 cm³/mol. The SMILES string of the molecule is CC.Cc1ncc(C2=CCOC2)c2ccccc12. The van der Waals surface area contributed by atoms with Crippen molar-refractivity contribution in [2.24, 2.45) is 0 Å². The Morgan fingerprint density at radius 1 is 1.11 bits per heavy atom. The minimum absolute atomic E-state index is 0.703. The quantitative estimate of drug-likeness (QED) is 0.753. The highest BCUT2D eigenvalue weighted by Crippen LogP contribution is 2.27. The maximum Gasteiger partial charge on any atom is 0.0725 e. The van der Waals surface area contributed by atoms with Crippen LogP contribution in [0.25, 0.3) is 16.3 Å². The van der Waals surface area contributed by atoms with Gasteiger partial charge in [-0.3, -0.25) is 4.98 Å². The van der Waals surface area contributed by atoms with E-state index in [4.69, 9.17) is 4.74 Å². The monoisotopic (exact) mass is 241 g/mol.